The number of hydrogen-bond donors (Lipinski definition) is 1. The third-order valence-corrected chi connectivity index (χ3v) is 4.11. The summed E-state index contributed by atoms with van der Waals surface area (Å²) in [5.41, 5.74) is 0.542. The molecule has 0 saturated carbocycles. The number of pyridine rings is 1. The summed E-state index contributed by atoms with van der Waals surface area (Å²) in [6.45, 7) is 1.40. The molecule has 0 bridgehead atoms. The van der Waals surface area contributed by atoms with Gasteiger partial charge in [0, 0.05) is 17.3 Å². The highest BCUT2D eigenvalue weighted by Gasteiger charge is 2.11. The second kappa shape index (κ2) is 8.47. The Kier molecular flexibility index (Phi) is 5.84. The normalized spacial score (nSPS) is 10.5. The van der Waals surface area contributed by atoms with E-state index in [0.717, 1.165) is 0 Å². The van der Waals surface area contributed by atoms with Gasteiger partial charge in [-0.3, -0.25) is 9.59 Å². The molecule has 0 aliphatic carbocycles. The van der Waals surface area contributed by atoms with Gasteiger partial charge in [0.15, 0.2) is 5.75 Å². The molecule has 1 amide bonds. The highest BCUT2D eigenvalue weighted by Crippen LogP contribution is 2.14. The molecule has 0 radical (unpaired) electrons. The lowest BCUT2D eigenvalue weighted by atomic mass is 10.2. The second-order valence-electron chi connectivity index (χ2n) is 6.18. The first-order chi connectivity index (χ1) is 13.4. The zero-order valence-corrected chi connectivity index (χ0v) is 15.1. The molecule has 0 spiro atoms. The molecule has 2 aromatic carbocycles. The number of carbonyl (C=O) groups is 1. The Hall–Kier alpha value is -3.48. The average Bonchev–Trinajstić information content (AvgIpc) is 2.66. The quantitative estimate of drug-likeness (QED) is 0.706. The molecule has 1 heterocycles. The van der Waals surface area contributed by atoms with Crippen molar-refractivity contribution in [2.45, 2.75) is 20.1 Å². The largest absolute Gasteiger partial charge is 0.483 e. The molecule has 5 nitrogen and oxygen atoms in total. The SMILES string of the molecule is Cc1cc(=O)c(OCc2ccccc2F)cn1CC(=O)Nc1ccccc1F. The van der Waals surface area contributed by atoms with Crippen LogP contribution in [0.4, 0.5) is 14.5 Å². The fraction of sp³-hybridized carbons (Fsp3) is 0.143. The van der Waals surface area contributed by atoms with Crippen LogP contribution in [-0.2, 0) is 17.9 Å². The van der Waals surface area contributed by atoms with E-state index in [1.165, 1.54) is 41.1 Å². The van der Waals surface area contributed by atoms with Gasteiger partial charge in [-0.15, -0.1) is 0 Å². The molecule has 0 fully saturated rings. The molecular weight excluding hydrogens is 366 g/mol. The minimum atomic E-state index is -0.540. The van der Waals surface area contributed by atoms with E-state index in [4.69, 9.17) is 4.74 Å². The van der Waals surface area contributed by atoms with Crippen LogP contribution in [0.2, 0.25) is 0 Å². The number of carbonyl (C=O) groups excluding carboxylic acids is 1. The van der Waals surface area contributed by atoms with Gasteiger partial charge in [0.1, 0.15) is 24.8 Å². The molecule has 0 aliphatic heterocycles. The smallest absolute Gasteiger partial charge is 0.244 e. The Morgan fingerprint density at radius 3 is 2.46 bits per heavy atom. The summed E-state index contributed by atoms with van der Waals surface area (Å²) in [4.78, 5) is 24.4. The number of amides is 1. The lowest BCUT2D eigenvalue weighted by Crippen LogP contribution is -2.22. The maximum atomic E-state index is 13.7. The van der Waals surface area contributed by atoms with Gasteiger partial charge in [-0.25, -0.2) is 8.78 Å². The molecule has 144 valence electrons. The lowest BCUT2D eigenvalue weighted by molar-refractivity contribution is -0.116. The first-order valence-corrected chi connectivity index (χ1v) is 8.55. The van der Waals surface area contributed by atoms with Crippen molar-refractivity contribution in [3.05, 3.63) is 93.9 Å². The number of ether oxygens (including phenoxy) is 1. The number of benzene rings is 2. The molecule has 1 N–H and O–H groups in total. The lowest BCUT2D eigenvalue weighted by Gasteiger charge is -2.14. The number of aromatic nitrogens is 1. The molecule has 1 aromatic heterocycles. The Bertz CT molecular complexity index is 1060. The zero-order chi connectivity index (χ0) is 20.1. The van der Waals surface area contributed by atoms with Crippen molar-refractivity contribution in [3.63, 3.8) is 0 Å². The third kappa shape index (κ3) is 4.62. The van der Waals surface area contributed by atoms with Gasteiger partial charge in [-0.05, 0) is 25.1 Å². The maximum absolute atomic E-state index is 13.7. The number of rotatable bonds is 6. The fourth-order valence-corrected chi connectivity index (χ4v) is 2.61. The summed E-state index contributed by atoms with van der Waals surface area (Å²) in [7, 11) is 0. The van der Waals surface area contributed by atoms with Crippen LogP contribution >= 0.6 is 0 Å². The minimum absolute atomic E-state index is 0.00690. The molecule has 0 aliphatic rings. The number of nitrogens with one attached hydrogen (secondary N) is 1. The van der Waals surface area contributed by atoms with Crippen LogP contribution in [0.5, 0.6) is 5.75 Å². The van der Waals surface area contributed by atoms with Crippen LogP contribution in [-0.4, -0.2) is 10.5 Å². The molecular formula is C21H18F2N2O3. The summed E-state index contributed by atoms with van der Waals surface area (Å²) in [5.74, 6) is -1.44. The van der Waals surface area contributed by atoms with Gasteiger partial charge in [-0.2, -0.15) is 0 Å². The van der Waals surface area contributed by atoms with E-state index in [2.05, 4.69) is 5.32 Å². The van der Waals surface area contributed by atoms with Crippen molar-refractivity contribution in [1.29, 1.82) is 0 Å². The highest BCUT2D eigenvalue weighted by atomic mass is 19.1. The second-order valence-corrected chi connectivity index (χ2v) is 6.18. The van der Waals surface area contributed by atoms with Crippen LogP contribution in [0, 0.1) is 18.6 Å². The van der Waals surface area contributed by atoms with E-state index in [-0.39, 0.29) is 30.0 Å². The number of aryl methyl sites for hydroxylation is 1. The van der Waals surface area contributed by atoms with Gasteiger partial charge in [0.25, 0.3) is 0 Å². The van der Waals surface area contributed by atoms with E-state index >= 15 is 0 Å². The zero-order valence-electron chi connectivity index (χ0n) is 15.1. The molecule has 7 heteroatoms. The van der Waals surface area contributed by atoms with E-state index < -0.39 is 17.5 Å². The first kappa shape index (κ1) is 19.3. The first-order valence-electron chi connectivity index (χ1n) is 8.55. The number of nitrogens with zero attached hydrogens (tertiary/aromatic N) is 1. The summed E-state index contributed by atoms with van der Waals surface area (Å²) >= 11 is 0. The average molecular weight is 384 g/mol. The van der Waals surface area contributed by atoms with Crippen molar-refractivity contribution in [2.24, 2.45) is 0 Å². The Morgan fingerprint density at radius 1 is 1.07 bits per heavy atom. The third-order valence-electron chi connectivity index (χ3n) is 4.11. The van der Waals surface area contributed by atoms with Gasteiger partial charge in [0.2, 0.25) is 11.3 Å². The fourth-order valence-electron chi connectivity index (χ4n) is 2.61. The molecule has 3 rings (SSSR count). The van der Waals surface area contributed by atoms with Crippen molar-refractivity contribution in [1.82, 2.24) is 4.57 Å². The van der Waals surface area contributed by atoms with Gasteiger partial charge in [0.05, 0.1) is 11.9 Å². The standard InChI is InChI=1S/C21H18F2N2O3/c1-14-10-19(26)20(28-13-15-6-2-3-7-16(15)22)11-25(14)12-21(27)24-18-9-5-4-8-17(18)23/h2-11H,12-13H2,1H3,(H,24,27). The predicted molar refractivity (Wildman–Crippen MR) is 101 cm³/mol. The topological polar surface area (TPSA) is 60.3 Å². The molecule has 28 heavy (non-hydrogen) atoms. The van der Waals surface area contributed by atoms with Crippen LogP contribution in [0.3, 0.4) is 0 Å². The molecule has 0 saturated heterocycles. The van der Waals surface area contributed by atoms with E-state index in [0.29, 0.717) is 11.3 Å². The van der Waals surface area contributed by atoms with Gasteiger partial charge in [-0.1, -0.05) is 30.3 Å². The van der Waals surface area contributed by atoms with Gasteiger partial charge < -0.3 is 14.6 Å². The number of hydrogen-bond acceptors (Lipinski definition) is 3. The van der Waals surface area contributed by atoms with Crippen molar-refractivity contribution >= 4 is 11.6 Å². The van der Waals surface area contributed by atoms with Crippen molar-refractivity contribution < 1.29 is 18.3 Å². The number of halogens is 2. The van der Waals surface area contributed by atoms with E-state index in [9.17, 15) is 18.4 Å². The van der Waals surface area contributed by atoms with Crippen LogP contribution in [0.25, 0.3) is 0 Å². The maximum Gasteiger partial charge on any atom is 0.244 e. The Labute approximate surface area is 160 Å². The minimum Gasteiger partial charge on any atom is -0.483 e. The van der Waals surface area contributed by atoms with Crippen LogP contribution < -0.4 is 15.5 Å². The summed E-state index contributed by atoms with van der Waals surface area (Å²) < 4.78 is 34.3. The van der Waals surface area contributed by atoms with Gasteiger partial charge >= 0.3 is 0 Å². The monoisotopic (exact) mass is 384 g/mol. The number of anilines is 1. The molecule has 3 aromatic rings. The van der Waals surface area contributed by atoms with E-state index in [1.807, 2.05) is 0 Å². The molecule has 0 unspecified atom stereocenters. The highest BCUT2D eigenvalue weighted by molar-refractivity contribution is 5.90. The van der Waals surface area contributed by atoms with Crippen LogP contribution in [0.1, 0.15) is 11.3 Å². The number of para-hydroxylation sites is 1. The predicted octanol–water partition coefficient (Wildman–Crippen LogP) is 3.65. The summed E-state index contributed by atoms with van der Waals surface area (Å²) in [6.07, 6.45) is 1.39. The van der Waals surface area contributed by atoms with Crippen molar-refractivity contribution in [2.75, 3.05) is 5.32 Å². The summed E-state index contributed by atoms with van der Waals surface area (Å²) in [5, 5.41) is 2.48. The molecule has 0 atom stereocenters. The summed E-state index contributed by atoms with van der Waals surface area (Å²) in [6, 6.07) is 13.3. The Balaban J connectivity index is 1.74. The van der Waals surface area contributed by atoms with Crippen molar-refractivity contribution in [3.8, 4) is 5.75 Å². The van der Waals surface area contributed by atoms with Crippen LogP contribution in [0.15, 0.2) is 65.6 Å². The Morgan fingerprint density at radius 2 is 1.75 bits per heavy atom. The van der Waals surface area contributed by atoms with E-state index in [1.54, 1.807) is 31.2 Å².